The smallest absolute Gasteiger partial charge is 0.257 e. The van der Waals surface area contributed by atoms with Gasteiger partial charge in [0.1, 0.15) is 6.26 Å². The van der Waals surface area contributed by atoms with Crippen LogP contribution in [0.4, 0.5) is 0 Å². The van der Waals surface area contributed by atoms with E-state index in [-0.39, 0.29) is 5.91 Å². The quantitative estimate of drug-likeness (QED) is 0.860. The molecule has 0 N–H and O–H groups in total. The lowest BCUT2D eigenvalue weighted by atomic mass is 9.98. The number of piperidine rings is 1. The molecule has 0 bridgehead atoms. The molecule has 20 heavy (non-hydrogen) atoms. The molecule has 3 heterocycles. The second kappa shape index (κ2) is 5.94. The SMILES string of the molecule is O=C(c1ccoc1)N1CCCC[C@@H]1CCn1cccn1. The summed E-state index contributed by atoms with van der Waals surface area (Å²) in [6.45, 7) is 1.70. The van der Waals surface area contributed by atoms with Gasteiger partial charge in [0, 0.05) is 31.5 Å². The number of rotatable bonds is 4. The van der Waals surface area contributed by atoms with Crippen molar-refractivity contribution in [1.82, 2.24) is 14.7 Å². The highest BCUT2D eigenvalue weighted by molar-refractivity contribution is 5.94. The summed E-state index contributed by atoms with van der Waals surface area (Å²) in [6.07, 6.45) is 11.1. The predicted octanol–water partition coefficient (Wildman–Crippen LogP) is 2.56. The Morgan fingerprint density at radius 3 is 3.15 bits per heavy atom. The van der Waals surface area contributed by atoms with E-state index in [0.29, 0.717) is 11.6 Å². The average molecular weight is 273 g/mol. The summed E-state index contributed by atoms with van der Waals surface area (Å²) in [4.78, 5) is 14.5. The Bertz CT molecular complexity index is 533. The first kappa shape index (κ1) is 13.0. The van der Waals surface area contributed by atoms with E-state index < -0.39 is 0 Å². The lowest BCUT2D eigenvalue weighted by Gasteiger charge is -2.35. The highest BCUT2D eigenvalue weighted by atomic mass is 16.3. The molecule has 5 heteroatoms. The normalized spacial score (nSPS) is 19.2. The van der Waals surface area contributed by atoms with Gasteiger partial charge in [0.25, 0.3) is 5.91 Å². The minimum absolute atomic E-state index is 0.0870. The van der Waals surface area contributed by atoms with Crippen LogP contribution in [-0.4, -0.2) is 33.2 Å². The lowest BCUT2D eigenvalue weighted by molar-refractivity contribution is 0.0593. The van der Waals surface area contributed by atoms with Crippen molar-refractivity contribution < 1.29 is 9.21 Å². The molecule has 1 amide bonds. The van der Waals surface area contributed by atoms with Crippen LogP contribution in [0.1, 0.15) is 36.0 Å². The predicted molar refractivity (Wildman–Crippen MR) is 74.2 cm³/mol. The molecule has 5 nitrogen and oxygen atoms in total. The Hall–Kier alpha value is -2.04. The molecule has 1 saturated heterocycles. The number of carbonyl (C=O) groups excluding carboxylic acids is 1. The summed E-state index contributed by atoms with van der Waals surface area (Å²) in [7, 11) is 0. The average Bonchev–Trinajstić information content (AvgIpc) is 3.18. The number of carbonyl (C=O) groups is 1. The first-order valence-corrected chi connectivity index (χ1v) is 7.15. The third-order valence-electron chi connectivity index (χ3n) is 3.91. The summed E-state index contributed by atoms with van der Waals surface area (Å²) in [5, 5.41) is 4.22. The van der Waals surface area contributed by atoms with Crippen LogP contribution in [-0.2, 0) is 6.54 Å². The van der Waals surface area contributed by atoms with Crippen molar-refractivity contribution in [2.75, 3.05) is 6.54 Å². The number of hydrogen-bond acceptors (Lipinski definition) is 3. The zero-order valence-corrected chi connectivity index (χ0v) is 11.4. The van der Waals surface area contributed by atoms with E-state index in [4.69, 9.17) is 4.42 Å². The highest BCUT2D eigenvalue weighted by Gasteiger charge is 2.27. The minimum Gasteiger partial charge on any atom is -0.472 e. The molecule has 0 unspecified atom stereocenters. The number of hydrogen-bond donors (Lipinski definition) is 0. The number of furan rings is 1. The molecular formula is C15H19N3O2. The molecule has 0 saturated carbocycles. The molecule has 1 atom stereocenters. The first-order valence-electron chi connectivity index (χ1n) is 7.15. The second-order valence-corrected chi connectivity index (χ2v) is 5.22. The standard InChI is InChI=1S/C15H19N3O2/c19-15(13-6-11-20-12-13)18-9-2-1-4-14(18)5-10-17-8-3-7-16-17/h3,6-8,11-12,14H,1-2,4-5,9-10H2/t14-/m1/s1. The Morgan fingerprint density at radius 1 is 1.45 bits per heavy atom. The topological polar surface area (TPSA) is 51.3 Å². The van der Waals surface area contributed by atoms with E-state index in [1.165, 1.54) is 12.7 Å². The van der Waals surface area contributed by atoms with E-state index in [1.807, 2.05) is 21.8 Å². The Labute approximate surface area is 118 Å². The van der Waals surface area contributed by atoms with Gasteiger partial charge in [-0.05, 0) is 37.8 Å². The van der Waals surface area contributed by atoms with Crippen LogP contribution in [0.25, 0.3) is 0 Å². The zero-order chi connectivity index (χ0) is 13.8. The van der Waals surface area contributed by atoms with Gasteiger partial charge < -0.3 is 9.32 Å². The molecule has 2 aromatic rings. The Morgan fingerprint density at radius 2 is 2.40 bits per heavy atom. The molecule has 1 fully saturated rings. The van der Waals surface area contributed by atoms with E-state index >= 15 is 0 Å². The number of likely N-dealkylation sites (tertiary alicyclic amines) is 1. The number of amides is 1. The van der Waals surface area contributed by atoms with Crippen molar-refractivity contribution in [2.24, 2.45) is 0 Å². The van der Waals surface area contributed by atoms with Crippen molar-refractivity contribution in [2.45, 2.75) is 38.3 Å². The largest absolute Gasteiger partial charge is 0.472 e. The second-order valence-electron chi connectivity index (χ2n) is 5.22. The first-order chi connectivity index (χ1) is 9.84. The summed E-state index contributed by atoms with van der Waals surface area (Å²) in [6, 6.07) is 3.96. The van der Waals surface area contributed by atoms with Gasteiger partial charge in [-0.2, -0.15) is 5.10 Å². The van der Waals surface area contributed by atoms with Gasteiger partial charge in [-0.3, -0.25) is 9.48 Å². The molecule has 0 spiro atoms. The van der Waals surface area contributed by atoms with E-state index in [9.17, 15) is 4.79 Å². The van der Waals surface area contributed by atoms with Gasteiger partial charge >= 0.3 is 0 Å². The van der Waals surface area contributed by atoms with Crippen LogP contribution in [0.5, 0.6) is 0 Å². The van der Waals surface area contributed by atoms with Crippen LogP contribution in [0.3, 0.4) is 0 Å². The molecular weight excluding hydrogens is 254 g/mol. The van der Waals surface area contributed by atoms with Crippen molar-refractivity contribution in [1.29, 1.82) is 0 Å². The van der Waals surface area contributed by atoms with Crippen LogP contribution in [0.15, 0.2) is 41.5 Å². The zero-order valence-electron chi connectivity index (χ0n) is 11.4. The highest BCUT2D eigenvalue weighted by Crippen LogP contribution is 2.22. The van der Waals surface area contributed by atoms with E-state index in [1.54, 1.807) is 18.5 Å². The molecule has 3 rings (SSSR count). The van der Waals surface area contributed by atoms with Gasteiger partial charge in [-0.1, -0.05) is 0 Å². The van der Waals surface area contributed by atoms with Crippen LogP contribution < -0.4 is 0 Å². The number of nitrogens with zero attached hydrogens (tertiary/aromatic N) is 3. The van der Waals surface area contributed by atoms with Crippen LogP contribution in [0, 0.1) is 0 Å². The molecule has 0 aliphatic carbocycles. The van der Waals surface area contributed by atoms with Gasteiger partial charge in [-0.25, -0.2) is 0 Å². The maximum atomic E-state index is 12.5. The summed E-state index contributed by atoms with van der Waals surface area (Å²) in [5.41, 5.74) is 0.649. The summed E-state index contributed by atoms with van der Waals surface area (Å²) >= 11 is 0. The van der Waals surface area contributed by atoms with Crippen molar-refractivity contribution in [3.8, 4) is 0 Å². The molecule has 106 valence electrons. The van der Waals surface area contributed by atoms with Gasteiger partial charge in [0.2, 0.25) is 0 Å². The minimum atomic E-state index is 0.0870. The molecule has 1 aliphatic rings. The van der Waals surface area contributed by atoms with E-state index in [0.717, 1.165) is 32.4 Å². The van der Waals surface area contributed by atoms with Crippen molar-refractivity contribution in [3.63, 3.8) is 0 Å². The van der Waals surface area contributed by atoms with E-state index in [2.05, 4.69) is 5.10 Å². The third-order valence-corrected chi connectivity index (χ3v) is 3.91. The Kier molecular flexibility index (Phi) is 3.85. The number of aromatic nitrogens is 2. The number of aryl methyl sites for hydroxylation is 1. The fourth-order valence-electron chi connectivity index (χ4n) is 2.83. The summed E-state index contributed by atoms with van der Waals surface area (Å²) < 4.78 is 6.94. The van der Waals surface area contributed by atoms with Crippen LogP contribution in [0.2, 0.25) is 0 Å². The fraction of sp³-hybridized carbons (Fsp3) is 0.467. The maximum Gasteiger partial charge on any atom is 0.257 e. The molecule has 0 aromatic carbocycles. The van der Waals surface area contributed by atoms with Crippen molar-refractivity contribution in [3.05, 3.63) is 42.6 Å². The van der Waals surface area contributed by atoms with Crippen molar-refractivity contribution >= 4 is 5.91 Å². The Balaban J connectivity index is 1.66. The third kappa shape index (κ3) is 2.76. The molecule has 1 aliphatic heterocycles. The van der Waals surface area contributed by atoms with Gasteiger partial charge in [0.05, 0.1) is 11.8 Å². The van der Waals surface area contributed by atoms with Crippen LogP contribution >= 0.6 is 0 Å². The lowest BCUT2D eigenvalue weighted by Crippen LogP contribution is -2.44. The van der Waals surface area contributed by atoms with Gasteiger partial charge in [-0.15, -0.1) is 0 Å². The maximum absolute atomic E-state index is 12.5. The monoisotopic (exact) mass is 273 g/mol. The fourth-order valence-corrected chi connectivity index (χ4v) is 2.83. The van der Waals surface area contributed by atoms with Gasteiger partial charge in [0.15, 0.2) is 0 Å². The summed E-state index contributed by atoms with van der Waals surface area (Å²) in [5.74, 6) is 0.0870. The molecule has 0 radical (unpaired) electrons. The molecule has 2 aromatic heterocycles.